The lowest BCUT2D eigenvalue weighted by atomic mass is 10.2. The fourth-order valence-corrected chi connectivity index (χ4v) is 4.21. The number of guanidine groups is 1. The molecule has 0 saturated carbocycles. The lowest BCUT2D eigenvalue weighted by Crippen LogP contribution is -2.44. The minimum atomic E-state index is 0. The molecule has 2 heterocycles. The summed E-state index contributed by atoms with van der Waals surface area (Å²) in [6.45, 7) is 6.63. The first-order chi connectivity index (χ1) is 13.0. The number of methoxy groups -OCH3 is 1. The fourth-order valence-electron chi connectivity index (χ4n) is 3.17. The van der Waals surface area contributed by atoms with E-state index in [2.05, 4.69) is 32.4 Å². The highest BCUT2D eigenvalue weighted by Crippen LogP contribution is 2.33. The number of ether oxygens (including phenoxy) is 1. The quantitative estimate of drug-likeness (QED) is 0.345. The van der Waals surface area contributed by atoms with Gasteiger partial charge in [0.25, 0.3) is 0 Å². The van der Waals surface area contributed by atoms with E-state index in [9.17, 15) is 0 Å². The van der Waals surface area contributed by atoms with E-state index < -0.39 is 0 Å². The summed E-state index contributed by atoms with van der Waals surface area (Å²) in [5.74, 6) is 1.64. The molecule has 0 amide bonds. The second-order valence-corrected chi connectivity index (χ2v) is 8.29. The van der Waals surface area contributed by atoms with Crippen LogP contribution in [0.15, 0.2) is 23.2 Å². The van der Waals surface area contributed by atoms with E-state index in [-0.39, 0.29) is 24.0 Å². The summed E-state index contributed by atoms with van der Waals surface area (Å²) in [6.07, 6.45) is 1.02. The molecule has 28 heavy (non-hydrogen) atoms. The SMILES string of the molecule is CN=C(NCc1nc(C)c(C)s1)NC1CCN(c2cc(Cl)ccc2OC)C1.I. The number of hydrogen-bond donors (Lipinski definition) is 2. The highest BCUT2D eigenvalue weighted by Gasteiger charge is 2.25. The maximum absolute atomic E-state index is 6.18. The predicted octanol–water partition coefficient (Wildman–Crippen LogP) is 3.98. The Morgan fingerprint density at radius 1 is 1.43 bits per heavy atom. The summed E-state index contributed by atoms with van der Waals surface area (Å²) in [5, 5.41) is 8.66. The lowest BCUT2D eigenvalue weighted by molar-refractivity contribution is 0.415. The minimum absolute atomic E-state index is 0. The van der Waals surface area contributed by atoms with Gasteiger partial charge in [-0.15, -0.1) is 35.3 Å². The Morgan fingerprint density at radius 3 is 2.86 bits per heavy atom. The highest BCUT2D eigenvalue weighted by atomic mass is 127. The topological polar surface area (TPSA) is 61.8 Å². The largest absolute Gasteiger partial charge is 0.495 e. The van der Waals surface area contributed by atoms with Crippen LogP contribution in [0.2, 0.25) is 5.02 Å². The first-order valence-electron chi connectivity index (χ1n) is 8.98. The van der Waals surface area contributed by atoms with Gasteiger partial charge in [0.15, 0.2) is 5.96 Å². The fraction of sp³-hybridized carbons (Fsp3) is 0.474. The smallest absolute Gasteiger partial charge is 0.191 e. The van der Waals surface area contributed by atoms with E-state index in [0.717, 1.165) is 47.6 Å². The van der Waals surface area contributed by atoms with Crippen molar-refractivity contribution < 1.29 is 4.74 Å². The van der Waals surface area contributed by atoms with Crippen LogP contribution in [0.1, 0.15) is 22.0 Å². The molecular formula is C19H27ClIN5OS. The van der Waals surface area contributed by atoms with Crippen molar-refractivity contribution in [3.63, 3.8) is 0 Å². The second-order valence-electron chi connectivity index (χ2n) is 6.57. The van der Waals surface area contributed by atoms with Gasteiger partial charge in [-0.3, -0.25) is 4.99 Å². The Morgan fingerprint density at radius 2 is 2.21 bits per heavy atom. The monoisotopic (exact) mass is 535 g/mol. The summed E-state index contributed by atoms with van der Waals surface area (Å²) in [6, 6.07) is 6.03. The van der Waals surface area contributed by atoms with Gasteiger partial charge in [0, 0.05) is 36.1 Å². The number of aliphatic imine (C=N–C) groups is 1. The number of anilines is 1. The predicted molar refractivity (Wildman–Crippen MR) is 129 cm³/mol. The molecular weight excluding hydrogens is 509 g/mol. The second kappa shape index (κ2) is 10.5. The van der Waals surface area contributed by atoms with Gasteiger partial charge < -0.3 is 20.3 Å². The number of halogens is 2. The normalized spacial score (nSPS) is 16.7. The van der Waals surface area contributed by atoms with Crippen LogP contribution >= 0.6 is 46.9 Å². The molecule has 1 atom stereocenters. The summed E-state index contributed by atoms with van der Waals surface area (Å²) < 4.78 is 5.49. The van der Waals surface area contributed by atoms with Gasteiger partial charge in [0.1, 0.15) is 10.8 Å². The summed E-state index contributed by atoms with van der Waals surface area (Å²) in [7, 11) is 3.48. The number of nitrogens with zero attached hydrogens (tertiary/aromatic N) is 3. The van der Waals surface area contributed by atoms with Crippen molar-refractivity contribution in [3.05, 3.63) is 38.8 Å². The van der Waals surface area contributed by atoms with E-state index in [4.69, 9.17) is 16.3 Å². The molecule has 1 aromatic heterocycles. The van der Waals surface area contributed by atoms with Gasteiger partial charge in [-0.2, -0.15) is 0 Å². The van der Waals surface area contributed by atoms with E-state index in [1.54, 1.807) is 25.5 Å². The van der Waals surface area contributed by atoms with Crippen LogP contribution in [0, 0.1) is 13.8 Å². The maximum atomic E-state index is 6.18. The molecule has 154 valence electrons. The van der Waals surface area contributed by atoms with Gasteiger partial charge in [0.2, 0.25) is 0 Å². The minimum Gasteiger partial charge on any atom is -0.495 e. The first kappa shape index (κ1) is 23.0. The Balaban J connectivity index is 0.00000280. The maximum Gasteiger partial charge on any atom is 0.191 e. The van der Waals surface area contributed by atoms with Crippen LogP contribution in [0.5, 0.6) is 5.75 Å². The molecule has 0 aliphatic carbocycles. The van der Waals surface area contributed by atoms with Crippen molar-refractivity contribution in [2.45, 2.75) is 32.9 Å². The van der Waals surface area contributed by atoms with E-state index in [1.165, 1.54) is 4.88 Å². The van der Waals surface area contributed by atoms with Crippen molar-refractivity contribution in [3.8, 4) is 5.75 Å². The molecule has 1 saturated heterocycles. The van der Waals surface area contributed by atoms with Gasteiger partial charge in [-0.05, 0) is 38.5 Å². The number of rotatable bonds is 5. The van der Waals surface area contributed by atoms with Gasteiger partial charge in [-0.1, -0.05) is 11.6 Å². The van der Waals surface area contributed by atoms with Crippen LogP contribution in [-0.4, -0.2) is 44.2 Å². The molecule has 0 radical (unpaired) electrons. The Hall–Kier alpha value is -1.26. The summed E-state index contributed by atoms with van der Waals surface area (Å²) >= 11 is 7.90. The summed E-state index contributed by atoms with van der Waals surface area (Å²) in [5.41, 5.74) is 2.13. The van der Waals surface area contributed by atoms with E-state index >= 15 is 0 Å². The van der Waals surface area contributed by atoms with Crippen LogP contribution in [0.4, 0.5) is 5.69 Å². The third-order valence-electron chi connectivity index (χ3n) is 4.71. The van der Waals surface area contributed by atoms with Crippen LogP contribution < -0.4 is 20.3 Å². The molecule has 1 aromatic carbocycles. The molecule has 2 N–H and O–H groups in total. The van der Waals surface area contributed by atoms with Crippen molar-refractivity contribution in [1.29, 1.82) is 0 Å². The molecule has 3 rings (SSSR count). The number of benzene rings is 1. The highest BCUT2D eigenvalue weighted by molar-refractivity contribution is 14.0. The van der Waals surface area contributed by atoms with Crippen LogP contribution in [0.3, 0.4) is 0 Å². The number of nitrogens with one attached hydrogen (secondary N) is 2. The number of aromatic nitrogens is 1. The molecule has 2 aromatic rings. The average Bonchev–Trinajstić information content (AvgIpc) is 3.25. The van der Waals surface area contributed by atoms with Crippen LogP contribution in [-0.2, 0) is 6.54 Å². The lowest BCUT2D eigenvalue weighted by Gasteiger charge is -2.22. The van der Waals surface area contributed by atoms with Crippen LogP contribution in [0.25, 0.3) is 0 Å². The molecule has 1 aliphatic heterocycles. The van der Waals surface area contributed by atoms with Crippen molar-refractivity contribution in [2.75, 3.05) is 32.1 Å². The Kier molecular flexibility index (Phi) is 8.63. The third-order valence-corrected chi connectivity index (χ3v) is 6.02. The van der Waals surface area contributed by atoms with Crippen molar-refractivity contribution in [2.24, 2.45) is 4.99 Å². The van der Waals surface area contributed by atoms with Crippen molar-refractivity contribution in [1.82, 2.24) is 15.6 Å². The zero-order chi connectivity index (χ0) is 19.4. The van der Waals surface area contributed by atoms with Crippen molar-refractivity contribution >= 4 is 58.6 Å². The Labute approximate surface area is 192 Å². The van der Waals surface area contributed by atoms with E-state index in [0.29, 0.717) is 17.6 Å². The van der Waals surface area contributed by atoms with Gasteiger partial charge in [0.05, 0.1) is 25.0 Å². The molecule has 1 unspecified atom stereocenters. The first-order valence-corrected chi connectivity index (χ1v) is 10.2. The van der Waals surface area contributed by atoms with Gasteiger partial charge >= 0.3 is 0 Å². The molecule has 0 bridgehead atoms. The molecule has 0 spiro atoms. The number of thiazole rings is 1. The zero-order valence-corrected chi connectivity index (χ0v) is 20.5. The zero-order valence-electron chi connectivity index (χ0n) is 16.6. The van der Waals surface area contributed by atoms with Gasteiger partial charge in [-0.25, -0.2) is 4.98 Å². The third kappa shape index (κ3) is 5.64. The molecule has 1 aliphatic rings. The molecule has 9 heteroatoms. The average molecular weight is 536 g/mol. The summed E-state index contributed by atoms with van der Waals surface area (Å²) in [4.78, 5) is 12.5. The molecule has 1 fully saturated rings. The standard InChI is InChI=1S/C19H26ClN5OS.HI/c1-12-13(2)27-18(23-12)10-22-19(21-3)24-15-7-8-25(11-15)16-9-14(20)5-6-17(16)26-4;/h5-6,9,15H,7-8,10-11H2,1-4H3,(H2,21,22,24);1H. The number of aryl methyl sites for hydroxylation is 2. The van der Waals surface area contributed by atoms with E-state index in [1.807, 2.05) is 25.1 Å². The number of hydrogen-bond acceptors (Lipinski definition) is 5. The molecule has 6 nitrogen and oxygen atoms in total. The Bertz CT molecular complexity index is 809.